The molecule has 0 unspecified atom stereocenters. The lowest BCUT2D eigenvalue weighted by molar-refractivity contribution is -0.139. The van der Waals surface area contributed by atoms with Gasteiger partial charge in [-0.2, -0.15) is 0 Å². The number of rotatable bonds is 5. The fourth-order valence-corrected chi connectivity index (χ4v) is 1.10. The molecule has 13 heavy (non-hydrogen) atoms. The molecule has 74 valence electrons. The number of ether oxygens (including phenoxy) is 1. The normalized spacial score (nSPS) is 11.2. The zero-order valence-electron chi connectivity index (χ0n) is 7.80. The summed E-state index contributed by atoms with van der Waals surface area (Å²) in [7, 11) is 0. The van der Waals surface area contributed by atoms with E-state index in [9.17, 15) is 9.59 Å². The molecule has 0 aromatic heterocycles. The molecule has 0 saturated heterocycles. The summed E-state index contributed by atoms with van der Waals surface area (Å²) in [5.74, 6) is -0.769. The second kappa shape index (κ2) is 6.83. The van der Waals surface area contributed by atoms with Gasteiger partial charge in [0.1, 0.15) is 0 Å². The van der Waals surface area contributed by atoms with Gasteiger partial charge in [0.05, 0.1) is 17.5 Å². The van der Waals surface area contributed by atoms with E-state index in [0.29, 0.717) is 6.42 Å². The van der Waals surface area contributed by atoms with Crippen LogP contribution in [0.25, 0.3) is 0 Å². The summed E-state index contributed by atoms with van der Waals surface area (Å²) in [6, 6.07) is 0. The Kier molecular flexibility index (Phi) is 6.49. The van der Waals surface area contributed by atoms with Crippen molar-refractivity contribution >= 4 is 27.7 Å². The molecule has 0 amide bonds. The van der Waals surface area contributed by atoms with Crippen LogP contribution in [-0.2, 0) is 14.3 Å². The summed E-state index contributed by atoms with van der Waals surface area (Å²) in [5, 5.41) is 0.150. The number of alkyl halides is 1. The Morgan fingerprint density at radius 3 is 2.38 bits per heavy atom. The fraction of sp³-hybridized carbons (Fsp3) is 0.556. The molecule has 0 rings (SSSR count). The van der Waals surface area contributed by atoms with Crippen molar-refractivity contribution in [3.05, 3.63) is 11.6 Å². The number of hydrogen-bond acceptors (Lipinski definition) is 3. The van der Waals surface area contributed by atoms with Crippen LogP contribution in [0.3, 0.4) is 0 Å². The number of carbonyl (C=O) groups excluding carboxylic acids is 2. The Labute approximate surface area is 86.3 Å². The van der Waals surface area contributed by atoms with Gasteiger partial charge in [0, 0.05) is 0 Å². The first kappa shape index (κ1) is 12.4. The number of hydrogen-bond donors (Lipinski definition) is 0. The molecule has 0 aromatic rings. The molecule has 4 heteroatoms. The van der Waals surface area contributed by atoms with E-state index in [1.54, 1.807) is 13.0 Å². The molecule has 0 heterocycles. The van der Waals surface area contributed by atoms with Crippen LogP contribution < -0.4 is 0 Å². The summed E-state index contributed by atoms with van der Waals surface area (Å²) in [6.07, 6.45) is 2.23. The quantitative estimate of drug-likeness (QED) is 0.245. The monoisotopic (exact) mass is 248 g/mol. The molecular formula is C9H13BrO3. The van der Waals surface area contributed by atoms with Gasteiger partial charge >= 0.3 is 5.97 Å². The van der Waals surface area contributed by atoms with Crippen molar-refractivity contribution in [3.8, 4) is 0 Å². The van der Waals surface area contributed by atoms with Gasteiger partial charge in [-0.25, -0.2) is 4.79 Å². The number of Topliss-reactive ketones (excluding diaryl/α,β-unsaturated/α-hetero) is 1. The molecule has 0 aromatic carbocycles. The minimum Gasteiger partial charge on any atom is -0.462 e. The van der Waals surface area contributed by atoms with Gasteiger partial charge in [0.2, 0.25) is 0 Å². The van der Waals surface area contributed by atoms with E-state index < -0.39 is 5.97 Å². The van der Waals surface area contributed by atoms with Gasteiger partial charge in [-0.05, 0) is 13.3 Å². The summed E-state index contributed by atoms with van der Waals surface area (Å²) in [4.78, 5) is 22.4. The largest absolute Gasteiger partial charge is 0.462 e. The van der Waals surface area contributed by atoms with E-state index in [1.807, 2.05) is 6.92 Å². The van der Waals surface area contributed by atoms with Crippen molar-refractivity contribution in [3.63, 3.8) is 0 Å². The highest BCUT2D eigenvalue weighted by atomic mass is 79.9. The van der Waals surface area contributed by atoms with Crippen LogP contribution in [-0.4, -0.2) is 23.7 Å². The van der Waals surface area contributed by atoms with E-state index in [0.717, 1.165) is 0 Å². The summed E-state index contributed by atoms with van der Waals surface area (Å²) < 4.78 is 4.73. The third-order valence-electron chi connectivity index (χ3n) is 1.33. The molecule has 0 aliphatic rings. The molecule has 0 spiro atoms. The van der Waals surface area contributed by atoms with Crippen LogP contribution in [0, 0.1) is 0 Å². The van der Waals surface area contributed by atoms with E-state index in [4.69, 9.17) is 4.74 Å². The lowest BCUT2D eigenvalue weighted by atomic mass is 10.1. The number of esters is 1. The first-order chi connectivity index (χ1) is 6.17. The van der Waals surface area contributed by atoms with Crippen molar-refractivity contribution in [2.75, 3.05) is 11.9 Å². The lowest BCUT2D eigenvalue weighted by Crippen LogP contribution is -2.16. The predicted molar refractivity (Wildman–Crippen MR) is 53.8 cm³/mol. The predicted octanol–water partition coefficient (Wildman–Crippen LogP) is 1.85. The van der Waals surface area contributed by atoms with Crippen LogP contribution in [0.5, 0.6) is 0 Å². The molecule has 0 atom stereocenters. The van der Waals surface area contributed by atoms with Crippen molar-refractivity contribution in [2.24, 2.45) is 0 Å². The Morgan fingerprint density at radius 2 is 2.00 bits per heavy atom. The minimum atomic E-state index is -0.534. The van der Waals surface area contributed by atoms with Gasteiger partial charge in [-0.3, -0.25) is 4.79 Å². The smallest absolute Gasteiger partial charge is 0.341 e. The van der Waals surface area contributed by atoms with Crippen LogP contribution in [0.2, 0.25) is 0 Å². The molecule has 0 bridgehead atoms. The molecular weight excluding hydrogens is 236 g/mol. The highest BCUT2D eigenvalue weighted by Gasteiger charge is 2.16. The Balaban J connectivity index is 4.52. The SMILES string of the molecule is CCC=C(C(=O)CBr)C(=O)OCC. The Bertz CT molecular complexity index is 221. The van der Waals surface area contributed by atoms with Crippen molar-refractivity contribution < 1.29 is 14.3 Å². The molecule has 0 fully saturated rings. The zero-order valence-corrected chi connectivity index (χ0v) is 9.39. The molecule has 0 N–H and O–H groups in total. The third-order valence-corrected chi connectivity index (χ3v) is 1.83. The molecule has 0 aliphatic carbocycles. The summed E-state index contributed by atoms with van der Waals surface area (Å²) >= 11 is 3.01. The molecule has 3 nitrogen and oxygen atoms in total. The van der Waals surface area contributed by atoms with E-state index in [1.165, 1.54) is 0 Å². The maximum atomic E-state index is 11.2. The number of halogens is 1. The van der Waals surface area contributed by atoms with Crippen LogP contribution in [0.4, 0.5) is 0 Å². The van der Waals surface area contributed by atoms with Crippen LogP contribution >= 0.6 is 15.9 Å². The topological polar surface area (TPSA) is 43.4 Å². The van der Waals surface area contributed by atoms with E-state index in [2.05, 4.69) is 15.9 Å². The lowest BCUT2D eigenvalue weighted by Gasteiger charge is -2.03. The number of ketones is 1. The summed E-state index contributed by atoms with van der Waals surface area (Å²) in [6.45, 7) is 3.86. The number of allylic oxidation sites excluding steroid dienone is 1. The second-order valence-electron chi connectivity index (χ2n) is 2.30. The zero-order chi connectivity index (χ0) is 10.3. The fourth-order valence-electron chi connectivity index (χ4n) is 0.796. The Hall–Kier alpha value is -0.640. The van der Waals surface area contributed by atoms with Gasteiger partial charge in [-0.1, -0.05) is 28.9 Å². The van der Waals surface area contributed by atoms with Gasteiger partial charge in [-0.15, -0.1) is 0 Å². The van der Waals surface area contributed by atoms with Gasteiger partial charge in [0.25, 0.3) is 0 Å². The molecule has 0 aliphatic heterocycles. The van der Waals surface area contributed by atoms with Gasteiger partial charge < -0.3 is 4.74 Å². The first-order valence-corrected chi connectivity index (χ1v) is 5.25. The second-order valence-corrected chi connectivity index (χ2v) is 2.86. The van der Waals surface area contributed by atoms with Crippen LogP contribution in [0.1, 0.15) is 20.3 Å². The minimum absolute atomic E-state index is 0.140. The van der Waals surface area contributed by atoms with Crippen LogP contribution in [0.15, 0.2) is 11.6 Å². The average Bonchev–Trinajstić information content (AvgIpc) is 2.13. The van der Waals surface area contributed by atoms with E-state index >= 15 is 0 Å². The highest BCUT2D eigenvalue weighted by molar-refractivity contribution is 9.09. The molecule has 0 saturated carbocycles. The average molecular weight is 249 g/mol. The standard InChI is InChI=1S/C9H13BrO3/c1-3-5-7(8(11)6-10)9(12)13-4-2/h5H,3-4,6H2,1-2H3. The third kappa shape index (κ3) is 4.22. The molecule has 0 radical (unpaired) electrons. The maximum Gasteiger partial charge on any atom is 0.341 e. The first-order valence-electron chi connectivity index (χ1n) is 4.13. The van der Waals surface area contributed by atoms with Crippen molar-refractivity contribution in [1.29, 1.82) is 0 Å². The number of carbonyl (C=O) groups is 2. The van der Waals surface area contributed by atoms with Crippen molar-refractivity contribution in [1.82, 2.24) is 0 Å². The van der Waals surface area contributed by atoms with E-state index in [-0.39, 0.29) is 23.3 Å². The summed E-state index contributed by atoms with van der Waals surface area (Å²) in [5.41, 5.74) is 0.140. The highest BCUT2D eigenvalue weighted by Crippen LogP contribution is 2.04. The Morgan fingerprint density at radius 1 is 1.38 bits per heavy atom. The van der Waals surface area contributed by atoms with Gasteiger partial charge in [0.15, 0.2) is 5.78 Å². The van der Waals surface area contributed by atoms with Crippen molar-refractivity contribution in [2.45, 2.75) is 20.3 Å². The maximum absolute atomic E-state index is 11.2.